The molecule has 0 saturated carbocycles. The van der Waals surface area contributed by atoms with Crippen molar-refractivity contribution in [1.29, 1.82) is 0 Å². The van der Waals surface area contributed by atoms with Crippen LogP contribution in [0.4, 0.5) is 0 Å². The molecule has 88 valence electrons. The third-order valence-electron chi connectivity index (χ3n) is 1.98. The second-order valence-electron chi connectivity index (χ2n) is 3.96. The number of rotatable bonds is 6. The van der Waals surface area contributed by atoms with Gasteiger partial charge in [0.25, 0.3) is 0 Å². The van der Waals surface area contributed by atoms with E-state index in [1.54, 1.807) is 18.2 Å². The fourth-order valence-electron chi connectivity index (χ4n) is 1.24. The summed E-state index contributed by atoms with van der Waals surface area (Å²) in [5, 5.41) is 0. The Morgan fingerprint density at radius 3 is 2.56 bits per heavy atom. The second-order valence-corrected chi connectivity index (χ2v) is 3.96. The Balaban J connectivity index is 2.84. The number of benzene rings is 1. The normalized spacial score (nSPS) is 10.2. The molecular weight excluding hydrogens is 204 g/mol. The van der Waals surface area contributed by atoms with Crippen LogP contribution < -0.4 is 9.47 Å². The van der Waals surface area contributed by atoms with Gasteiger partial charge in [-0.15, -0.1) is 0 Å². The molecule has 16 heavy (non-hydrogen) atoms. The number of hydrogen-bond acceptors (Lipinski definition) is 3. The van der Waals surface area contributed by atoms with Crippen LogP contribution in [0.25, 0.3) is 0 Å². The summed E-state index contributed by atoms with van der Waals surface area (Å²) in [6, 6.07) is 5.20. The maximum absolute atomic E-state index is 10.6. The van der Waals surface area contributed by atoms with Gasteiger partial charge in [-0.2, -0.15) is 0 Å². The van der Waals surface area contributed by atoms with Crippen molar-refractivity contribution in [2.45, 2.75) is 20.8 Å². The highest BCUT2D eigenvalue weighted by molar-refractivity contribution is 5.76. The summed E-state index contributed by atoms with van der Waals surface area (Å²) >= 11 is 0. The molecule has 0 aliphatic carbocycles. The van der Waals surface area contributed by atoms with E-state index in [2.05, 4.69) is 13.8 Å². The molecule has 0 N–H and O–H groups in total. The zero-order chi connectivity index (χ0) is 12.0. The highest BCUT2D eigenvalue weighted by atomic mass is 16.5. The fourth-order valence-corrected chi connectivity index (χ4v) is 1.24. The minimum Gasteiger partial charge on any atom is -0.490 e. The molecule has 1 aromatic carbocycles. The summed E-state index contributed by atoms with van der Waals surface area (Å²) in [5.41, 5.74) is 0.598. The maximum Gasteiger partial charge on any atom is 0.161 e. The van der Waals surface area contributed by atoms with Gasteiger partial charge in [0.05, 0.1) is 13.2 Å². The van der Waals surface area contributed by atoms with Crippen LogP contribution in [0.2, 0.25) is 0 Å². The molecule has 0 radical (unpaired) electrons. The van der Waals surface area contributed by atoms with Gasteiger partial charge in [0.2, 0.25) is 0 Å². The molecule has 0 aromatic heterocycles. The van der Waals surface area contributed by atoms with Crippen molar-refractivity contribution in [3.8, 4) is 11.5 Å². The lowest BCUT2D eigenvalue weighted by molar-refractivity contribution is 0.112. The van der Waals surface area contributed by atoms with Crippen molar-refractivity contribution in [2.75, 3.05) is 13.2 Å². The molecule has 0 atom stereocenters. The van der Waals surface area contributed by atoms with E-state index < -0.39 is 0 Å². The van der Waals surface area contributed by atoms with E-state index in [1.807, 2.05) is 6.92 Å². The highest BCUT2D eigenvalue weighted by Crippen LogP contribution is 2.28. The van der Waals surface area contributed by atoms with E-state index in [0.717, 1.165) is 6.29 Å². The standard InChI is InChI=1S/C13H18O3/c1-4-15-13-7-11(8-14)5-6-12(13)16-9-10(2)3/h5-8,10H,4,9H2,1-3H3. The third-order valence-corrected chi connectivity index (χ3v) is 1.98. The zero-order valence-corrected chi connectivity index (χ0v) is 10.0. The Labute approximate surface area is 96.4 Å². The van der Waals surface area contributed by atoms with Gasteiger partial charge in [-0.05, 0) is 31.0 Å². The molecule has 0 heterocycles. The monoisotopic (exact) mass is 222 g/mol. The topological polar surface area (TPSA) is 35.5 Å². The van der Waals surface area contributed by atoms with Crippen molar-refractivity contribution in [3.05, 3.63) is 23.8 Å². The first-order valence-electron chi connectivity index (χ1n) is 5.52. The molecule has 0 spiro atoms. The van der Waals surface area contributed by atoms with Gasteiger partial charge in [-0.1, -0.05) is 13.8 Å². The van der Waals surface area contributed by atoms with Crippen LogP contribution in [0, 0.1) is 5.92 Å². The van der Waals surface area contributed by atoms with Crippen LogP contribution >= 0.6 is 0 Å². The van der Waals surface area contributed by atoms with Crippen molar-refractivity contribution < 1.29 is 14.3 Å². The molecule has 0 aliphatic rings. The van der Waals surface area contributed by atoms with Crippen LogP contribution in [0.15, 0.2) is 18.2 Å². The van der Waals surface area contributed by atoms with E-state index in [0.29, 0.717) is 36.2 Å². The minimum absolute atomic E-state index is 0.459. The SMILES string of the molecule is CCOc1cc(C=O)ccc1OCC(C)C. The van der Waals surface area contributed by atoms with Gasteiger partial charge < -0.3 is 9.47 Å². The fraction of sp³-hybridized carbons (Fsp3) is 0.462. The molecule has 0 unspecified atom stereocenters. The average Bonchev–Trinajstić information content (AvgIpc) is 2.27. The number of ether oxygens (including phenoxy) is 2. The van der Waals surface area contributed by atoms with Crippen LogP contribution in [-0.4, -0.2) is 19.5 Å². The molecule has 0 aliphatic heterocycles. The van der Waals surface area contributed by atoms with E-state index in [4.69, 9.17) is 9.47 Å². The number of carbonyl (C=O) groups is 1. The molecular formula is C13H18O3. The van der Waals surface area contributed by atoms with Crippen LogP contribution in [0.1, 0.15) is 31.1 Å². The quantitative estimate of drug-likeness (QED) is 0.694. The van der Waals surface area contributed by atoms with Crippen LogP contribution in [-0.2, 0) is 0 Å². The summed E-state index contributed by atoms with van der Waals surface area (Å²) in [4.78, 5) is 10.6. The zero-order valence-electron chi connectivity index (χ0n) is 10.0. The predicted molar refractivity (Wildman–Crippen MR) is 63.3 cm³/mol. The van der Waals surface area contributed by atoms with Crippen LogP contribution in [0.3, 0.4) is 0 Å². The Morgan fingerprint density at radius 2 is 2.00 bits per heavy atom. The summed E-state index contributed by atoms with van der Waals surface area (Å²) in [6.45, 7) is 7.26. The Bertz CT molecular complexity index is 345. The van der Waals surface area contributed by atoms with E-state index in [-0.39, 0.29) is 0 Å². The third kappa shape index (κ3) is 3.57. The van der Waals surface area contributed by atoms with Crippen molar-refractivity contribution in [1.82, 2.24) is 0 Å². The van der Waals surface area contributed by atoms with Gasteiger partial charge in [-0.25, -0.2) is 0 Å². The molecule has 0 fully saturated rings. The second kappa shape index (κ2) is 6.16. The molecule has 0 saturated heterocycles. The Kier molecular flexibility index (Phi) is 4.83. The van der Waals surface area contributed by atoms with Gasteiger partial charge in [0, 0.05) is 5.56 Å². The summed E-state index contributed by atoms with van der Waals surface area (Å²) in [5.74, 6) is 1.79. The lowest BCUT2D eigenvalue weighted by atomic mass is 10.2. The lowest BCUT2D eigenvalue weighted by Gasteiger charge is -2.13. The first-order valence-corrected chi connectivity index (χ1v) is 5.52. The van der Waals surface area contributed by atoms with Crippen molar-refractivity contribution >= 4 is 6.29 Å². The van der Waals surface area contributed by atoms with Crippen molar-refractivity contribution in [2.24, 2.45) is 5.92 Å². The lowest BCUT2D eigenvalue weighted by Crippen LogP contribution is -2.06. The predicted octanol–water partition coefficient (Wildman–Crippen LogP) is 2.93. The molecule has 3 heteroatoms. The van der Waals surface area contributed by atoms with E-state index in [9.17, 15) is 4.79 Å². The highest BCUT2D eigenvalue weighted by Gasteiger charge is 2.06. The van der Waals surface area contributed by atoms with E-state index >= 15 is 0 Å². The summed E-state index contributed by atoms with van der Waals surface area (Å²) in [7, 11) is 0. The smallest absolute Gasteiger partial charge is 0.161 e. The molecule has 0 bridgehead atoms. The average molecular weight is 222 g/mol. The number of hydrogen-bond donors (Lipinski definition) is 0. The molecule has 3 nitrogen and oxygen atoms in total. The summed E-state index contributed by atoms with van der Waals surface area (Å²) < 4.78 is 11.0. The first-order chi connectivity index (χ1) is 7.67. The summed E-state index contributed by atoms with van der Waals surface area (Å²) in [6.07, 6.45) is 0.800. The molecule has 1 rings (SSSR count). The molecule has 0 amide bonds. The van der Waals surface area contributed by atoms with Crippen LogP contribution in [0.5, 0.6) is 11.5 Å². The van der Waals surface area contributed by atoms with Gasteiger partial charge in [0.15, 0.2) is 11.5 Å². The van der Waals surface area contributed by atoms with Gasteiger partial charge in [-0.3, -0.25) is 4.79 Å². The first kappa shape index (κ1) is 12.6. The largest absolute Gasteiger partial charge is 0.490 e. The van der Waals surface area contributed by atoms with Crippen molar-refractivity contribution in [3.63, 3.8) is 0 Å². The number of carbonyl (C=O) groups excluding carboxylic acids is 1. The Morgan fingerprint density at radius 1 is 1.25 bits per heavy atom. The van der Waals surface area contributed by atoms with E-state index in [1.165, 1.54) is 0 Å². The van der Waals surface area contributed by atoms with Gasteiger partial charge in [0.1, 0.15) is 6.29 Å². The van der Waals surface area contributed by atoms with Gasteiger partial charge >= 0.3 is 0 Å². The minimum atomic E-state index is 0.459. The molecule has 1 aromatic rings. The Hall–Kier alpha value is -1.51. The maximum atomic E-state index is 10.6. The number of aldehydes is 1.